The van der Waals surface area contributed by atoms with E-state index in [4.69, 9.17) is 11.5 Å². The van der Waals surface area contributed by atoms with Crippen LogP contribution in [0.15, 0.2) is 42.6 Å². The number of para-hydroxylation sites is 1. The van der Waals surface area contributed by atoms with Gasteiger partial charge in [0.25, 0.3) is 0 Å². The molecule has 72 valence electrons. The highest BCUT2D eigenvalue weighted by Gasteiger charge is 2.00. The van der Waals surface area contributed by atoms with E-state index in [9.17, 15) is 0 Å². The molecule has 1 heterocycles. The van der Waals surface area contributed by atoms with Crippen LogP contribution in [0.25, 0.3) is 0 Å². The van der Waals surface area contributed by atoms with E-state index in [2.05, 4.69) is 5.43 Å². The maximum atomic E-state index is 5.73. The third kappa shape index (κ3) is 1.50. The van der Waals surface area contributed by atoms with E-state index in [-0.39, 0.29) is 0 Å². The number of aromatic nitrogens is 1. The van der Waals surface area contributed by atoms with E-state index in [0.717, 1.165) is 5.69 Å². The van der Waals surface area contributed by atoms with Crippen molar-refractivity contribution in [3.8, 4) is 0 Å². The minimum absolute atomic E-state index is 0.522. The number of benzene rings is 1. The molecule has 0 saturated carbocycles. The zero-order valence-electron chi connectivity index (χ0n) is 7.64. The second-order valence-corrected chi connectivity index (χ2v) is 3.00. The van der Waals surface area contributed by atoms with Gasteiger partial charge in [0.15, 0.2) is 0 Å². The van der Waals surface area contributed by atoms with Crippen molar-refractivity contribution in [1.29, 1.82) is 0 Å². The zero-order chi connectivity index (χ0) is 9.97. The largest absolute Gasteiger partial charge is 0.396 e. The quantitative estimate of drug-likeness (QED) is 0.669. The highest BCUT2D eigenvalue weighted by Crippen LogP contribution is 2.16. The smallest absolute Gasteiger partial charge is 0.145 e. The van der Waals surface area contributed by atoms with E-state index in [1.807, 2.05) is 30.3 Å². The van der Waals surface area contributed by atoms with Gasteiger partial charge in [-0.05, 0) is 18.2 Å². The molecule has 2 rings (SSSR count). The molecule has 0 saturated heterocycles. The Morgan fingerprint density at radius 3 is 2.29 bits per heavy atom. The maximum Gasteiger partial charge on any atom is 0.145 e. The normalized spacial score (nSPS) is 10.0. The number of hydrogen-bond donors (Lipinski definition) is 3. The number of nitrogens with zero attached hydrogens (tertiary/aromatic N) is 1. The van der Waals surface area contributed by atoms with E-state index in [1.165, 1.54) is 0 Å². The number of nitrogen functional groups attached to an aromatic ring is 2. The Hall–Kier alpha value is -2.10. The molecule has 0 aliphatic rings. The average molecular weight is 188 g/mol. The maximum absolute atomic E-state index is 5.73. The fourth-order valence-electron chi connectivity index (χ4n) is 1.21. The molecular weight excluding hydrogens is 176 g/mol. The lowest BCUT2D eigenvalue weighted by Gasteiger charge is -2.09. The van der Waals surface area contributed by atoms with E-state index >= 15 is 0 Å². The first-order valence-electron chi connectivity index (χ1n) is 4.32. The van der Waals surface area contributed by atoms with Crippen molar-refractivity contribution >= 4 is 17.2 Å². The number of nitrogens with two attached hydrogens (primary N) is 2. The summed E-state index contributed by atoms with van der Waals surface area (Å²) in [4.78, 5) is 0. The molecule has 4 heteroatoms. The molecule has 0 amide bonds. The van der Waals surface area contributed by atoms with Crippen molar-refractivity contribution in [3.63, 3.8) is 0 Å². The number of nitrogens with one attached hydrogen (secondary N) is 1. The molecular formula is C10H12N4. The summed E-state index contributed by atoms with van der Waals surface area (Å²) in [7, 11) is 0. The Morgan fingerprint density at radius 1 is 1.00 bits per heavy atom. The standard InChI is InChI=1S/C10H12N4/c11-9-6-7-14(10(9)12)13-8-4-2-1-3-5-8/h1-7,13H,11-12H2. The fourth-order valence-corrected chi connectivity index (χ4v) is 1.21. The summed E-state index contributed by atoms with van der Waals surface area (Å²) < 4.78 is 1.69. The molecule has 1 aromatic heterocycles. The van der Waals surface area contributed by atoms with E-state index in [0.29, 0.717) is 11.5 Å². The molecule has 14 heavy (non-hydrogen) atoms. The van der Waals surface area contributed by atoms with Crippen molar-refractivity contribution in [1.82, 2.24) is 4.68 Å². The van der Waals surface area contributed by atoms with Gasteiger partial charge in [-0.25, -0.2) is 4.68 Å². The van der Waals surface area contributed by atoms with Gasteiger partial charge in [-0.3, -0.25) is 5.43 Å². The first kappa shape index (κ1) is 8.50. The molecule has 0 unspecified atom stereocenters. The van der Waals surface area contributed by atoms with Crippen LogP contribution in [-0.4, -0.2) is 4.68 Å². The molecule has 0 bridgehead atoms. The summed E-state index contributed by atoms with van der Waals surface area (Å²) in [6.07, 6.45) is 1.79. The van der Waals surface area contributed by atoms with Crippen LogP contribution in [0.4, 0.5) is 17.2 Å². The van der Waals surface area contributed by atoms with Crippen molar-refractivity contribution < 1.29 is 0 Å². The molecule has 0 aliphatic heterocycles. The summed E-state index contributed by atoms with van der Waals surface area (Å²) in [5.41, 5.74) is 16.0. The van der Waals surface area contributed by atoms with Crippen LogP contribution in [-0.2, 0) is 0 Å². The summed E-state index contributed by atoms with van der Waals surface area (Å²) in [6.45, 7) is 0. The van der Waals surface area contributed by atoms with Gasteiger partial charge in [0.05, 0.1) is 11.4 Å². The van der Waals surface area contributed by atoms with Gasteiger partial charge in [-0.15, -0.1) is 0 Å². The summed E-state index contributed by atoms with van der Waals surface area (Å²) >= 11 is 0. The monoisotopic (exact) mass is 188 g/mol. The van der Waals surface area contributed by atoms with Crippen LogP contribution in [0.2, 0.25) is 0 Å². The summed E-state index contributed by atoms with van der Waals surface area (Å²) in [6, 6.07) is 11.5. The van der Waals surface area contributed by atoms with Gasteiger partial charge in [0.2, 0.25) is 0 Å². The lowest BCUT2D eigenvalue weighted by Crippen LogP contribution is -2.11. The lowest BCUT2D eigenvalue weighted by atomic mass is 10.3. The molecule has 4 nitrogen and oxygen atoms in total. The molecule has 2 aromatic rings. The summed E-state index contributed by atoms with van der Waals surface area (Å²) in [5.74, 6) is 0.522. The van der Waals surface area contributed by atoms with Gasteiger partial charge in [0.1, 0.15) is 5.82 Å². The molecule has 0 fully saturated rings. The first-order chi connectivity index (χ1) is 6.77. The number of hydrogen-bond acceptors (Lipinski definition) is 3. The van der Waals surface area contributed by atoms with Crippen molar-refractivity contribution in [3.05, 3.63) is 42.6 Å². The third-order valence-corrected chi connectivity index (χ3v) is 1.98. The molecule has 1 aromatic carbocycles. The number of rotatable bonds is 2. The van der Waals surface area contributed by atoms with Crippen molar-refractivity contribution in [2.45, 2.75) is 0 Å². The van der Waals surface area contributed by atoms with Crippen LogP contribution in [0.5, 0.6) is 0 Å². The Labute approximate surface area is 82.1 Å². The van der Waals surface area contributed by atoms with Crippen LogP contribution in [0, 0.1) is 0 Å². The first-order valence-corrected chi connectivity index (χ1v) is 4.32. The molecule has 0 aliphatic carbocycles. The summed E-state index contributed by atoms with van der Waals surface area (Å²) in [5, 5.41) is 0. The SMILES string of the molecule is Nc1ccn(Nc2ccccc2)c1N. The van der Waals surface area contributed by atoms with Gasteiger partial charge < -0.3 is 11.5 Å². The van der Waals surface area contributed by atoms with Gasteiger partial charge >= 0.3 is 0 Å². The van der Waals surface area contributed by atoms with E-state index in [1.54, 1.807) is 16.9 Å². The third-order valence-electron chi connectivity index (χ3n) is 1.98. The average Bonchev–Trinajstić information content (AvgIpc) is 2.52. The Morgan fingerprint density at radius 2 is 1.71 bits per heavy atom. The Kier molecular flexibility index (Phi) is 2.02. The second kappa shape index (κ2) is 3.33. The Bertz CT molecular complexity index is 419. The minimum Gasteiger partial charge on any atom is -0.396 e. The lowest BCUT2D eigenvalue weighted by molar-refractivity contribution is 0.985. The predicted molar refractivity (Wildman–Crippen MR) is 58.7 cm³/mol. The van der Waals surface area contributed by atoms with Crippen LogP contribution in [0.3, 0.4) is 0 Å². The predicted octanol–water partition coefficient (Wildman–Crippen LogP) is 1.53. The minimum atomic E-state index is 0.522. The molecule has 0 radical (unpaired) electrons. The van der Waals surface area contributed by atoms with Crippen molar-refractivity contribution in [2.24, 2.45) is 0 Å². The van der Waals surface area contributed by atoms with E-state index < -0.39 is 0 Å². The van der Waals surface area contributed by atoms with Gasteiger partial charge in [-0.2, -0.15) is 0 Å². The van der Waals surface area contributed by atoms with Crippen molar-refractivity contribution in [2.75, 3.05) is 16.9 Å². The topological polar surface area (TPSA) is 69.0 Å². The van der Waals surface area contributed by atoms with Gasteiger partial charge in [0, 0.05) is 6.20 Å². The zero-order valence-corrected chi connectivity index (χ0v) is 7.64. The number of anilines is 3. The molecule has 5 N–H and O–H groups in total. The molecule has 0 spiro atoms. The van der Waals surface area contributed by atoms with Crippen LogP contribution >= 0.6 is 0 Å². The van der Waals surface area contributed by atoms with Crippen LogP contribution < -0.4 is 16.9 Å². The molecule has 0 atom stereocenters. The van der Waals surface area contributed by atoms with Gasteiger partial charge in [-0.1, -0.05) is 18.2 Å². The second-order valence-electron chi connectivity index (χ2n) is 3.00. The highest BCUT2D eigenvalue weighted by molar-refractivity contribution is 5.61. The van der Waals surface area contributed by atoms with Crippen LogP contribution in [0.1, 0.15) is 0 Å². The fraction of sp³-hybridized carbons (Fsp3) is 0. The highest BCUT2D eigenvalue weighted by atomic mass is 15.4. The Balaban J connectivity index is 2.23.